The van der Waals surface area contributed by atoms with E-state index in [1.807, 2.05) is 19.1 Å². The number of ether oxygens (including phenoxy) is 1. The maximum atomic E-state index is 6.02. The second-order valence-electron chi connectivity index (χ2n) is 5.10. The Kier molecular flexibility index (Phi) is 2.60. The molecule has 1 aliphatic rings. The normalized spacial score (nSPS) is 22.1. The molecule has 1 aliphatic heterocycles. The van der Waals surface area contributed by atoms with Gasteiger partial charge in [-0.25, -0.2) is 0 Å². The van der Waals surface area contributed by atoms with Gasteiger partial charge in [0.1, 0.15) is 5.75 Å². The molecule has 0 fully saturated rings. The first kappa shape index (κ1) is 11.3. The van der Waals surface area contributed by atoms with Crippen molar-refractivity contribution in [2.45, 2.75) is 25.5 Å². The largest absolute Gasteiger partial charge is 0.473 e. The van der Waals surface area contributed by atoms with Crippen LogP contribution in [0.15, 0.2) is 48.5 Å². The van der Waals surface area contributed by atoms with Crippen LogP contribution in [0.1, 0.15) is 18.9 Å². The van der Waals surface area contributed by atoms with Gasteiger partial charge in [0.2, 0.25) is 0 Å². The first-order chi connectivity index (χ1) is 8.64. The number of rotatable bonds is 1. The molecule has 0 bridgehead atoms. The molecule has 0 spiro atoms. The Morgan fingerprint density at radius 2 is 1.83 bits per heavy atom. The van der Waals surface area contributed by atoms with Crippen LogP contribution in [0.5, 0.6) is 5.75 Å². The molecule has 0 radical (unpaired) electrons. The molecule has 92 valence electrons. The third-order valence-electron chi connectivity index (χ3n) is 3.40. The second kappa shape index (κ2) is 4.14. The van der Waals surface area contributed by atoms with E-state index < -0.39 is 5.72 Å². The lowest BCUT2D eigenvalue weighted by atomic mass is 9.95. The van der Waals surface area contributed by atoms with E-state index in [9.17, 15) is 0 Å². The molecule has 2 nitrogen and oxygen atoms in total. The molecule has 0 aliphatic carbocycles. The van der Waals surface area contributed by atoms with E-state index in [1.165, 1.54) is 16.7 Å². The number of benzene rings is 2. The maximum Gasteiger partial charge on any atom is 0.156 e. The van der Waals surface area contributed by atoms with E-state index in [0.29, 0.717) is 0 Å². The SMILES string of the molecule is CC1(N)CCc2cc(-c3ccccc3)ccc2O1. The van der Waals surface area contributed by atoms with Gasteiger partial charge in [-0.3, -0.25) is 5.73 Å². The van der Waals surface area contributed by atoms with Gasteiger partial charge in [-0.15, -0.1) is 0 Å². The summed E-state index contributed by atoms with van der Waals surface area (Å²) in [5.74, 6) is 0.922. The zero-order valence-electron chi connectivity index (χ0n) is 10.5. The van der Waals surface area contributed by atoms with Crippen molar-refractivity contribution in [3.05, 3.63) is 54.1 Å². The molecule has 18 heavy (non-hydrogen) atoms. The molecular formula is C16H17NO. The van der Waals surface area contributed by atoms with Crippen LogP contribution in [0, 0.1) is 0 Å². The number of hydrogen-bond acceptors (Lipinski definition) is 2. The van der Waals surface area contributed by atoms with Crippen LogP contribution >= 0.6 is 0 Å². The van der Waals surface area contributed by atoms with Crippen molar-refractivity contribution in [2.75, 3.05) is 0 Å². The predicted octanol–water partition coefficient (Wildman–Crippen LogP) is 3.35. The first-order valence-electron chi connectivity index (χ1n) is 6.30. The number of hydrogen-bond donors (Lipinski definition) is 1. The van der Waals surface area contributed by atoms with Crippen molar-refractivity contribution in [2.24, 2.45) is 5.73 Å². The summed E-state index contributed by atoms with van der Waals surface area (Å²) >= 11 is 0. The van der Waals surface area contributed by atoms with Crippen LogP contribution in [0.25, 0.3) is 11.1 Å². The maximum absolute atomic E-state index is 6.02. The van der Waals surface area contributed by atoms with E-state index in [0.717, 1.165) is 18.6 Å². The Morgan fingerprint density at radius 3 is 2.61 bits per heavy atom. The molecule has 3 rings (SSSR count). The average Bonchev–Trinajstić information content (AvgIpc) is 2.38. The number of aryl methyl sites for hydroxylation is 1. The van der Waals surface area contributed by atoms with Gasteiger partial charge in [0.15, 0.2) is 5.72 Å². The van der Waals surface area contributed by atoms with Gasteiger partial charge < -0.3 is 4.74 Å². The molecule has 1 atom stereocenters. The molecule has 2 heteroatoms. The van der Waals surface area contributed by atoms with Gasteiger partial charge in [0.25, 0.3) is 0 Å². The summed E-state index contributed by atoms with van der Waals surface area (Å²) in [4.78, 5) is 0. The van der Waals surface area contributed by atoms with E-state index in [-0.39, 0.29) is 0 Å². The van der Waals surface area contributed by atoms with Gasteiger partial charge in [-0.1, -0.05) is 36.4 Å². The molecule has 1 unspecified atom stereocenters. The average molecular weight is 239 g/mol. The highest BCUT2D eigenvalue weighted by Crippen LogP contribution is 2.33. The Morgan fingerprint density at radius 1 is 1.06 bits per heavy atom. The highest BCUT2D eigenvalue weighted by molar-refractivity contribution is 5.65. The highest BCUT2D eigenvalue weighted by atomic mass is 16.5. The fourth-order valence-corrected chi connectivity index (χ4v) is 2.37. The molecule has 2 aromatic carbocycles. The lowest BCUT2D eigenvalue weighted by Crippen LogP contribution is -2.45. The van der Waals surface area contributed by atoms with E-state index >= 15 is 0 Å². The molecule has 0 saturated carbocycles. The number of fused-ring (bicyclic) bond motifs is 1. The fraction of sp³-hybridized carbons (Fsp3) is 0.250. The van der Waals surface area contributed by atoms with Gasteiger partial charge in [0.05, 0.1) is 0 Å². The Bertz CT molecular complexity index is 561. The minimum absolute atomic E-state index is 0.527. The quantitative estimate of drug-likeness (QED) is 0.828. The lowest BCUT2D eigenvalue weighted by Gasteiger charge is -2.32. The second-order valence-corrected chi connectivity index (χ2v) is 5.10. The van der Waals surface area contributed by atoms with Crippen LogP contribution in [0.4, 0.5) is 0 Å². The summed E-state index contributed by atoms with van der Waals surface area (Å²) in [6, 6.07) is 16.7. The summed E-state index contributed by atoms with van der Waals surface area (Å²) in [7, 11) is 0. The standard InChI is InChI=1S/C16H17NO/c1-16(17)10-9-14-11-13(7-8-15(14)18-16)12-5-3-2-4-6-12/h2-8,11H,9-10,17H2,1H3. The van der Waals surface area contributed by atoms with Gasteiger partial charge in [-0.2, -0.15) is 0 Å². The van der Waals surface area contributed by atoms with Crippen LogP contribution in [-0.4, -0.2) is 5.72 Å². The third-order valence-corrected chi connectivity index (χ3v) is 3.40. The lowest BCUT2D eigenvalue weighted by molar-refractivity contribution is 0.0720. The molecule has 2 N–H and O–H groups in total. The first-order valence-corrected chi connectivity index (χ1v) is 6.30. The van der Waals surface area contributed by atoms with Crippen LogP contribution < -0.4 is 10.5 Å². The van der Waals surface area contributed by atoms with E-state index in [1.54, 1.807) is 0 Å². The summed E-state index contributed by atoms with van der Waals surface area (Å²) in [5, 5.41) is 0. The van der Waals surface area contributed by atoms with Crippen LogP contribution in [-0.2, 0) is 6.42 Å². The fourth-order valence-electron chi connectivity index (χ4n) is 2.37. The summed E-state index contributed by atoms with van der Waals surface area (Å²) in [5.41, 5.74) is 9.21. The van der Waals surface area contributed by atoms with Crippen LogP contribution in [0.2, 0.25) is 0 Å². The van der Waals surface area contributed by atoms with Crippen molar-refractivity contribution in [3.63, 3.8) is 0 Å². The van der Waals surface area contributed by atoms with Crippen molar-refractivity contribution in [1.29, 1.82) is 0 Å². The van der Waals surface area contributed by atoms with Crippen molar-refractivity contribution in [3.8, 4) is 16.9 Å². The number of nitrogens with two attached hydrogens (primary N) is 1. The minimum atomic E-state index is -0.527. The van der Waals surface area contributed by atoms with Crippen molar-refractivity contribution >= 4 is 0 Å². The van der Waals surface area contributed by atoms with Crippen molar-refractivity contribution in [1.82, 2.24) is 0 Å². The zero-order valence-corrected chi connectivity index (χ0v) is 10.5. The third kappa shape index (κ3) is 2.12. The van der Waals surface area contributed by atoms with Crippen LogP contribution in [0.3, 0.4) is 0 Å². The summed E-state index contributed by atoms with van der Waals surface area (Å²) in [6.45, 7) is 1.93. The predicted molar refractivity (Wildman–Crippen MR) is 73.4 cm³/mol. The topological polar surface area (TPSA) is 35.2 Å². The molecule has 1 heterocycles. The van der Waals surface area contributed by atoms with Gasteiger partial charge >= 0.3 is 0 Å². The Labute approximate surface area is 107 Å². The monoisotopic (exact) mass is 239 g/mol. The van der Waals surface area contributed by atoms with E-state index in [2.05, 4.69) is 36.4 Å². The molecule has 2 aromatic rings. The van der Waals surface area contributed by atoms with Crippen molar-refractivity contribution < 1.29 is 4.74 Å². The van der Waals surface area contributed by atoms with Gasteiger partial charge in [0, 0.05) is 6.42 Å². The molecule has 0 saturated heterocycles. The minimum Gasteiger partial charge on any atom is -0.473 e. The Balaban J connectivity index is 1.98. The molecular weight excluding hydrogens is 222 g/mol. The Hall–Kier alpha value is -1.80. The molecule has 0 amide bonds. The van der Waals surface area contributed by atoms with Gasteiger partial charge in [-0.05, 0) is 42.2 Å². The summed E-state index contributed by atoms with van der Waals surface area (Å²) in [6.07, 6.45) is 1.83. The van der Waals surface area contributed by atoms with E-state index in [4.69, 9.17) is 10.5 Å². The molecule has 0 aromatic heterocycles. The zero-order chi connectivity index (χ0) is 12.6. The summed E-state index contributed by atoms with van der Waals surface area (Å²) < 4.78 is 5.79. The highest BCUT2D eigenvalue weighted by Gasteiger charge is 2.26. The smallest absolute Gasteiger partial charge is 0.156 e.